The normalized spacial score (nSPS) is 18.9. The number of hydrogen-bond donors (Lipinski definition) is 1. The lowest BCUT2D eigenvalue weighted by Crippen LogP contribution is -2.33. The number of nitriles is 1. The monoisotopic (exact) mass is 204 g/mol. The van der Waals surface area contributed by atoms with E-state index >= 15 is 0 Å². The third kappa shape index (κ3) is 1.73. The zero-order chi connectivity index (χ0) is 10.9. The minimum Gasteiger partial charge on any atom is -0.467 e. The van der Waals surface area contributed by atoms with Crippen molar-refractivity contribution < 1.29 is 9.21 Å². The molecule has 1 atom stereocenters. The first-order chi connectivity index (χ1) is 7.18. The number of furan rings is 1. The maximum atomic E-state index is 11.7. The summed E-state index contributed by atoms with van der Waals surface area (Å²) in [6, 6.07) is 5.45. The SMILES string of the molecule is CC(NC(=O)C1(C#N)CC1)c1ccco1. The van der Waals surface area contributed by atoms with Crippen molar-refractivity contribution in [3.63, 3.8) is 0 Å². The summed E-state index contributed by atoms with van der Waals surface area (Å²) in [7, 11) is 0. The highest BCUT2D eigenvalue weighted by Crippen LogP contribution is 2.45. The van der Waals surface area contributed by atoms with Gasteiger partial charge in [-0.1, -0.05) is 0 Å². The first-order valence-electron chi connectivity index (χ1n) is 4.93. The van der Waals surface area contributed by atoms with Crippen LogP contribution in [0.3, 0.4) is 0 Å². The van der Waals surface area contributed by atoms with E-state index in [1.807, 2.05) is 6.92 Å². The average molecular weight is 204 g/mol. The molecule has 0 spiro atoms. The summed E-state index contributed by atoms with van der Waals surface area (Å²) >= 11 is 0. The highest BCUT2D eigenvalue weighted by Gasteiger charge is 2.50. The van der Waals surface area contributed by atoms with E-state index in [2.05, 4.69) is 11.4 Å². The highest BCUT2D eigenvalue weighted by atomic mass is 16.3. The standard InChI is InChI=1S/C11H12N2O2/c1-8(9-3-2-6-15-9)13-10(14)11(7-12)4-5-11/h2-3,6,8H,4-5H2,1H3,(H,13,14). The summed E-state index contributed by atoms with van der Waals surface area (Å²) < 4.78 is 5.17. The van der Waals surface area contributed by atoms with Crippen molar-refractivity contribution in [3.05, 3.63) is 24.2 Å². The summed E-state index contributed by atoms with van der Waals surface area (Å²) in [5.41, 5.74) is -0.763. The highest BCUT2D eigenvalue weighted by molar-refractivity contribution is 5.88. The lowest BCUT2D eigenvalue weighted by atomic mass is 10.1. The zero-order valence-corrected chi connectivity index (χ0v) is 8.49. The molecule has 1 aliphatic carbocycles. The topological polar surface area (TPSA) is 66.0 Å². The van der Waals surface area contributed by atoms with Crippen LogP contribution in [0.1, 0.15) is 31.6 Å². The lowest BCUT2D eigenvalue weighted by molar-refractivity contribution is -0.125. The van der Waals surface area contributed by atoms with E-state index < -0.39 is 5.41 Å². The molecule has 1 fully saturated rings. The average Bonchev–Trinajstić information content (AvgIpc) is 2.84. The quantitative estimate of drug-likeness (QED) is 0.815. The van der Waals surface area contributed by atoms with Gasteiger partial charge >= 0.3 is 0 Å². The molecule has 2 rings (SSSR count). The summed E-state index contributed by atoms with van der Waals surface area (Å²) in [5, 5.41) is 11.6. The smallest absolute Gasteiger partial charge is 0.241 e. The Kier molecular flexibility index (Phi) is 2.24. The first-order valence-corrected chi connectivity index (χ1v) is 4.93. The van der Waals surface area contributed by atoms with Crippen molar-refractivity contribution in [1.29, 1.82) is 5.26 Å². The second-order valence-electron chi connectivity index (χ2n) is 3.90. The molecular formula is C11H12N2O2. The molecule has 15 heavy (non-hydrogen) atoms. The molecule has 4 heteroatoms. The number of nitrogens with zero attached hydrogens (tertiary/aromatic N) is 1. The van der Waals surface area contributed by atoms with Gasteiger partial charge in [0.15, 0.2) is 0 Å². The predicted octanol–water partition coefficient (Wildman–Crippen LogP) is 1.76. The van der Waals surface area contributed by atoms with Gasteiger partial charge in [0.05, 0.1) is 18.4 Å². The van der Waals surface area contributed by atoms with Crippen LogP contribution < -0.4 is 5.32 Å². The Morgan fingerprint density at radius 3 is 2.93 bits per heavy atom. The van der Waals surface area contributed by atoms with E-state index in [9.17, 15) is 4.79 Å². The Morgan fingerprint density at radius 1 is 1.73 bits per heavy atom. The molecule has 0 aromatic carbocycles. The number of hydrogen-bond acceptors (Lipinski definition) is 3. The number of carbonyl (C=O) groups is 1. The lowest BCUT2D eigenvalue weighted by Gasteiger charge is -2.13. The molecule has 0 radical (unpaired) electrons. The van der Waals surface area contributed by atoms with Gasteiger partial charge in [0.25, 0.3) is 0 Å². The second kappa shape index (κ2) is 3.43. The molecule has 1 aromatic heterocycles. The maximum absolute atomic E-state index is 11.7. The number of amides is 1. The molecular weight excluding hydrogens is 192 g/mol. The van der Waals surface area contributed by atoms with Gasteiger partial charge in [-0.3, -0.25) is 4.79 Å². The van der Waals surface area contributed by atoms with Crippen LogP contribution in [0.5, 0.6) is 0 Å². The molecule has 0 bridgehead atoms. The molecule has 1 aliphatic rings. The molecule has 1 aromatic rings. The van der Waals surface area contributed by atoms with Crippen molar-refractivity contribution in [2.24, 2.45) is 5.41 Å². The molecule has 1 saturated carbocycles. The van der Waals surface area contributed by atoms with Crippen LogP contribution >= 0.6 is 0 Å². The Balaban J connectivity index is 1.99. The van der Waals surface area contributed by atoms with Crippen LogP contribution in [0.15, 0.2) is 22.8 Å². The van der Waals surface area contributed by atoms with Gasteiger partial charge in [-0.15, -0.1) is 0 Å². The molecule has 1 amide bonds. The molecule has 1 unspecified atom stereocenters. The third-order valence-corrected chi connectivity index (χ3v) is 2.72. The molecule has 4 nitrogen and oxygen atoms in total. The second-order valence-corrected chi connectivity index (χ2v) is 3.90. The zero-order valence-electron chi connectivity index (χ0n) is 8.49. The van der Waals surface area contributed by atoms with Gasteiger partial charge in [0.1, 0.15) is 11.2 Å². The van der Waals surface area contributed by atoms with Crippen LogP contribution in [0.2, 0.25) is 0 Å². The van der Waals surface area contributed by atoms with Gasteiger partial charge in [0, 0.05) is 0 Å². The van der Waals surface area contributed by atoms with Crippen LogP contribution in [-0.2, 0) is 4.79 Å². The number of nitrogens with one attached hydrogen (secondary N) is 1. The van der Waals surface area contributed by atoms with Crippen LogP contribution in [0.4, 0.5) is 0 Å². The number of carbonyl (C=O) groups excluding carboxylic acids is 1. The van der Waals surface area contributed by atoms with E-state index in [0.29, 0.717) is 18.6 Å². The Labute approximate surface area is 87.9 Å². The molecule has 0 saturated heterocycles. The predicted molar refractivity (Wildman–Crippen MR) is 52.5 cm³/mol. The summed E-state index contributed by atoms with van der Waals surface area (Å²) in [4.78, 5) is 11.7. The van der Waals surface area contributed by atoms with Crippen molar-refractivity contribution in [3.8, 4) is 6.07 Å². The van der Waals surface area contributed by atoms with Crippen molar-refractivity contribution >= 4 is 5.91 Å². The van der Waals surface area contributed by atoms with Crippen LogP contribution in [0.25, 0.3) is 0 Å². The van der Waals surface area contributed by atoms with E-state index in [0.717, 1.165) is 0 Å². The summed E-state index contributed by atoms with van der Waals surface area (Å²) in [6.45, 7) is 1.84. The fraction of sp³-hybridized carbons (Fsp3) is 0.455. The van der Waals surface area contributed by atoms with E-state index in [1.54, 1.807) is 18.4 Å². The van der Waals surface area contributed by atoms with Crippen molar-refractivity contribution in [2.75, 3.05) is 0 Å². The van der Waals surface area contributed by atoms with E-state index in [-0.39, 0.29) is 11.9 Å². The molecule has 1 heterocycles. The van der Waals surface area contributed by atoms with Crippen molar-refractivity contribution in [2.45, 2.75) is 25.8 Å². The Hall–Kier alpha value is -1.76. The summed E-state index contributed by atoms with van der Waals surface area (Å²) in [6.07, 6.45) is 2.90. The van der Waals surface area contributed by atoms with Gasteiger partial charge in [-0.2, -0.15) is 5.26 Å². The van der Waals surface area contributed by atoms with E-state index in [4.69, 9.17) is 9.68 Å². The Bertz CT molecular complexity index is 399. The van der Waals surface area contributed by atoms with Gasteiger partial charge < -0.3 is 9.73 Å². The van der Waals surface area contributed by atoms with Gasteiger partial charge in [-0.05, 0) is 31.9 Å². The van der Waals surface area contributed by atoms with Gasteiger partial charge in [0.2, 0.25) is 5.91 Å². The maximum Gasteiger partial charge on any atom is 0.241 e. The molecule has 78 valence electrons. The van der Waals surface area contributed by atoms with Crippen molar-refractivity contribution in [1.82, 2.24) is 5.32 Å². The van der Waals surface area contributed by atoms with Crippen LogP contribution in [-0.4, -0.2) is 5.91 Å². The minimum absolute atomic E-state index is 0.182. The molecule has 1 N–H and O–H groups in total. The molecule has 0 aliphatic heterocycles. The summed E-state index contributed by atoms with van der Waals surface area (Å²) in [5.74, 6) is 0.519. The fourth-order valence-electron chi connectivity index (χ4n) is 1.46. The minimum atomic E-state index is -0.763. The Morgan fingerprint density at radius 2 is 2.47 bits per heavy atom. The largest absolute Gasteiger partial charge is 0.467 e. The first kappa shape index (κ1) is 9.78. The third-order valence-electron chi connectivity index (χ3n) is 2.72. The van der Waals surface area contributed by atoms with E-state index in [1.165, 1.54) is 0 Å². The van der Waals surface area contributed by atoms with Gasteiger partial charge in [-0.25, -0.2) is 0 Å². The number of rotatable bonds is 3. The van der Waals surface area contributed by atoms with Crippen LogP contribution in [0, 0.1) is 16.7 Å². The fourth-order valence-corrected chi connectivity index (χ4v) is 1.46.